The van der Waals surface area contributed by atoms with Crippen LogP contribution >= 0.6 is 0 Å². The molecule has 1 N–H and O–H groups in total. The second kappa shape index (κ2) is 8.98. The molecule has 0 heterocycles. The number of carbonyl (C=O) groups is 2. The maximum Gasteiger partial charge on any atom is 0.310 e. The lowest BCUT2D eigenvalue weighted by Crippen LogP contribution is -2.38. The van der Waals surface area contributed by atoms with Gasteiger partial charge < -0.3 is 14.7 Å². The van der Waals surface area contributed by atoms with Gasteiger partial charge >= 0.3 is 5.97 Å². The van der Waals surface area contributed by atoms with Gasteiger partial charge in [0.25, 0.3) is 0 Å². The summed E-state index contributed by atoms with van der Waals surface area (Å²) in [5, 5.41) is 8.91. The van der Waals surface area contributed by atoms with Crippen LogP contribution in [0.1, 0.15) is 33.1 Å². The van der Waals surface area contributed by atoms with Gasteiger partial charge in [-0.2, -0.15) is 0 Å². The monoisotopic (exact) mass is 245 g/mol. The number of amides is 1. The number of nitrogens with zero attached hydrogens (tertiary/aromatic N) is 1. The van der Waals surface area contributed by atoms with Crippen LogP contribution in [0.5, 0.6) is 0 Å². The third-order valence-electron chi connectivity index (χ3n) is 2.56. The molecular weight excluding hydrogens is 222 g/mol. The zero-order valence-electron chi connectivity index (χ0n) is 10.9. The fourth-order valence-electron chi connectivity index (χ4n) is 1.53. The van der Waals surface area contributed by atoms with Crippen molar-refractivity contribution >= 4 is 11.9 Å². The van der Waals surface area contributed by atoms with Crippen molar-refractivity contribution in [2.24, 2.45) is 5.92 Å². The minimum Gasteiger partial charge on any atom is -0.469 e. The molecular formula is C12H23NO4. The maximum absolute atomic E-state index is 11.8. The van der Waals surface area contributed by atoms with Crippen LogP contribution in [0, 0.1) is 5.92 Å². The summed E-state index contributed by atoms with van der Waals surface area (Å²) in [6, 6.07) is 0. The minimum atomic E-state index is -0.364. The smallest absolute Gasteiger partial charge is 0.310 e. The van der Waals surface area contributed by atoms with E-state index in [0.29, 0.717) is 13.0 Å². The van der Waals surface area contributed by atoms with Crippen LogP contribution < -0.4 is 0 Å². The molecule has 0 bridgehead atoms. The molecule has 17 heavy (non-hydrogen) atoms. The summed E-state index contributed by atoms with van der Waals surface area (Å²) in [7, 11) is 1.33. The molecule has 1 atom stereocenters. The summed E-state index contributed by atoms with van der Waals surface area (Å²) in [5.74, 6) is -0.718. The predicted molar refractivity (Wildman–Crippen MR) is 64.4 cm³/mol. The summed E-state index contributed by atoms with van der Waals surface area (Å²) in [6.07, 6.45) is 2.24. The van der Waals surface area contributed by atoms with E-state index in [4.69, 9.17) is 5.11 Å². The minimum absolute atomic E-state index is 0.0170. The van der Waals surface area contributed by atoms with E-state index >= 15 is 0 Å². The number of esters is 1. The lowest BCUT2D eigenvalue weighted by molar-refractivity contribution is -0.146. The van der Waals surface area contributed by atoms with Crippen molar-refractivity contribution in [2.75, 3.05) is 26.8 Å². The van der Waals surface area contributed by atoms with E-state index in [1.165, 1.54) is 12.0 Å². The summed E-state index contributed by atoms with van der Waals surface area (Å²) in [6.45, 7) is 4.20. The number of hydrogen-bond donors (Lipinski definition) is 1. The normalized spacial score (nSPS) is 12.0. The fourth-order valence-corrected chi connectivity index (χ4v) is 1.53. The quantitative estimate of drug-likeness (QED) is 0.642. The molecule has 0 spiro atoms. The number of carbonyl (C=O) groups excluding carboxylic acids is 2. The summed E-state index contributed by atoms with van der Waals surface area (Å²) in [4.78, 5) is 24.6. The fraction of sp³-hybridized carbons (Fsp3) is 0.833. The van der Waals surface area contributed by atoms with Gasteiger partial charge in [-0.1, -0.05) is 20.3 Å². The van der Waals surface area contributed by atoms with Gasteiger partial charge in [0.2, 0.25) is 5.91 Å². The highest BCUT2D eigenvalue weighted by Gasteiger charge is 2.20. The Labute approximate surface area is 103 Å². The highest BCUT2D eigenvalue weighted by molar-refractivity contribution is 5.77. The zero-order valence-corrected chi connectivity index (χ0v) is 10.9. The predicted octanol–water partition coefficient (Wildman–Crippen LogP) is 0.807. The molecule has 1 unspecified atom stereocenters. The molecule has 0 radical (unpaired) electrons. The van der Waals surface area contributed by atoms with Gasteiger partial charge in [0.15, 0.2) is 0 Å². The number of ether oxygens (including phenoxy) is 1. The van der Waals surface area contributed by atoms with E-state index in [0.717, 1.165) is 12.8 Å². The Morgan fingerprint density at radius 2 is 2.06 bits per heavy atom. The Morgan fingerprint density at radius 3 is 2.53 bits per heavy atom. The average molecular weight is 245 g/mol. The first-order chi connectivity index (χ1) is 8.06. The van der Waals surface area contributed by atoms with Crippen LogP contribution in [-0.2, 0) is 14.3 Å². The average Bonchev–Trinajstić information content (AvgIpc) is 2.34. The Bertz CT molecular complexity index is 243. The molecule has 100 valence electrons. The van der Waals surface area contributed by atoms with E-state index < -0.39 is 0 Å². The standard InChI is InChI=1S/C12H23NO4/c1-4-5-6-11(15)13(7-8-14)9-10(2)12(16)17-3/h10,14H,4-9H2,1-3H3. The molecule has 0 fully saturated rings. The number of methoxy groups -OCH3 is 1. The Kier molecular flexibility index (Phi) is 8.40. The molecule has 0 aliphatic rings. The third-order valence-corrected chi connectivity index (χ3v) is 2.56. The molecule has 0 rings (SSSR count). The molecule has 0 aromatic carbocycles. The van der Waals surface area contributed by atoms with Gasteiger partial charge in [-0.05, 0) is 6.42 Å². The van der Waals surface area contributed by atoms with Gasteiger partial charge in [-0.3, -0.25) is 9.59 Å². The van der Waals surface area contributed by atoms with Crippen LogP contribution in [0.25, 0.3) is 0 Å². The van der Waals surface area contributed by atoms with Crippen molar-refractivity contribution < 1.29 is 19.4 Å². The van der Waals surface area contributed by atoms with Crippen molar-refractivity contribution in [1.82, 2.24) is 4.90 Å². The maximum atomic E-state index is 11.8. The van der Waals surface area contributed by atoms with E-state index in [1.807, 2.05) is 6.92 Å². The second-order valence-corrected chi connectivity index (χ2v) is 4.09. The van der Waals surface area contributed by atoms with Crippen molar-refractivity contribution in [3.8, 4) is 0 Å². The third kappa shape index (κ3) is 6.26. The SMILES string of the molecule is CCCCC(=O)N(CCO)CC(C)C(=O)OC. The number of hydrogen-bond acceptors (Lipinski definition) is 4. The largest absolute Gasteiger partial charge is 0.469 e. The van der Waals surface area contributed by atoms with Crippen molar-refractivity contribution in [2.45, 2.75) is 33.1 Å². The van der Waals surface area contributed by atoms with Crippen molar-refractivity contribution in [3.05, 3.63) is 0 Å². The summed E-state index contributed by atoms with van der Waals surface area (Å²) < 4.78 is 4.61. The van der Waals surface area contributed by atoms with E-state index in [9.17, 15) is 9.59 Å². The molecule has 0 aliphatic carbocycles. The molecule has 5 nitrogen and oxygen atoms in total. The van der Waals surface area contributed by atoms with Gasteiger partial charge in [0, 0.05) is 19.5 Å². The van der Waals surface area contributed by atoms with Gasteiger partial charge in [-0.25, -0.2) is 0 Å². The zero-order chi connectivity index (χ0) is 13.3. The topological polar surface area (TPSA) is 66.8 Å². The highest BCUT2D eigenvalue weighted by atomic mass is 16.5. The van der Waals surface area contributed by atoms with Crippen molar-refractivity contribution in [3.63, 3.8) is 0 Å². The molecule has 1 amide bonds. The Balaban J connectivity index is 4.31. The number of unbranched alkanes of at least 4 members (excludes halogenated alkanes) is 1. The second-order valence-electron chi connectivity index (χ2n) is 4.09. The first kappa shape index (κ1) is 15.9. The van der Waals surface area contributed by atoms with E-state index in [2.05, 4.69) is 4.74 Å². The van der Waals surface area contributed by atoms with Gasteiger partial charge in [-0.15, -0.1) is 0 Å². The molecule has 0 aromatic rings. The summed E-state index contributed by atoms with van der Waals surface area (Å²) in [5.41, 5.74) is 0. The van der Waals surface area contributed by atoms with Crippen molar-refractivity contribution in [1.29, 1.82) is 0 Å². The molecule has 0 aromatic heterocycles. The van der Waals surface area contributed by atoms with Crippen LogP contribution in [-0.4, -0.2) is 48.7 Å². The lowest BCUT2D eigenvalue weighted by Gasteiger charge is -2.24. The van der Waals surface area contributed by atoms with Crippen LogP contribution in [0.4, 0.5) is 0 Å². The highest BCUT2D eigenvalue weighted by Crippen LogP contribution is 2.06. The molecule has 5 heteroatoms. The number of aliphatic hydroxyl groups is 1. The first-order valence-corrected chi connectivity index (χ1v) is 6.03. The number of aliphatic hydroxyl groups excluding tert-OH is 1. The van der Waals surface area contributed by atoms with E-state index in [1.54, 1.807) is 6.92 Å². The Hall–Kier alpha value is -1.10. The molecule has 0 saturated carbocycles. The number of rotatable bonds is 8. The van der Waals surface area contributed by atoms with Crippen LogP contribution in [0.2, 0.25) is 0 Å². The molecule has 0 saturated heterocycles. The van der Waals surface area contributed by atoms with Gasteiger partial charge in [0.1, 0.15) is 0 Å². The van der Waals surface area contributed by atoms with Crippen LogP contribution in [0.3, 0.4) is 0 Å². The first-order valence-electron chi connectivity index (χ1n) is 6.03. The van der Waals surface area contributed by atoms with Gasteiger partial charge in [0.05, 0.1) is 19.6 Å². The summed E-state index contributed by atoms with van der Waals surface area (Å²) >= 11 is 0. The molecule has 0 aliphatic heterocycles. The van der Waals surface area contributed by atoms with Crippen LogP contribution in [0.15, 0.2) is 0 Å². The van der Waals surface area contributed by atoms with E-state index in [-0.39, 0.29) is 30.9 Å². The Morgan fingerprint density at radius 1 is 1.41 bits per heavy atom. The lowest BCUT2D eigenvalue weighted by atomic mass is 10.1.